The van der Waals surface area contributed by atoms with Crippen LogP contribution in [0, 0.1) is 17.8 Å². The highest BCUT2D eigenvalue weighted by Gasteiger charge is 2.51. The Balaban J connectivity index is 2.13. The van der Waals surface area contributed by atoms with Crippen LogP contribution in [0.15, 0.2) is 0 Å². The molecule has 1 saturated heterocycles. The molecule has 5 heteroatoms. The van der Waals surface area contributed by atoms with Gasteiger partial charge in [0, 0.05) is 25.2 Å². The summed E-state index contributed by atoms with van der Waals surface area (Å²) in [6.45, 7) is 3.98. The van der Waals surface area contributed by atoms with Crippen molar-refractivity contribution in [1.82, 2.24) is 0 Å². The van der Waals surface area contributed by atoms with Crippen molar-refractivity contribution in [1.29, 1.82) is 0 Å². The number of alkyl halides is 1. The van der Waals surface area contributed by atoms with Gasteiger partial charge in [0.15, 0.2) is 0 Å². The van der Waals surface area contributed by atoms with E-state index in [1.54, 1.807) is 0 Å². The fraction of sp³-hybridized carbons (Fsp3) is 0.818. The molecule has 1 aliphatic carbocycles. The highest BCUT2D eigenvalue weighted by atomic mass is 127. The van der Waals surface area contributed by atoms with E-state index in [-0.39, 0.29) is 27.9 Å². The summed E-state index contributed by atoms with van der Waals surface area (Å²) in [5.41, 5.74) is 0. The summed E-state index contributed by atoms with van der Waals surface area (Å²) in [6.07, 6.45) is 0.378. The number of esters is 2. The molecular formula is C11H15IO4. The van der Waals surface area contributed by atoms with E-state index in [0.717, 1.165) is 0 Å². The Hall–Kier alpha value is -0.330. The first-order valence-corrected chi connectivity index (χ1v) is 6.72. The van der Waals surface area contributed by atoms with Gasteiger partial charge in [0.1, 0.15) is 6.10 Å². The Labute approximate surface area is 108 Å². The van der Waals surface area contributed by atoms with Crippen molar-refractivity contribution in [2.45, 2.75) is 30.3 Å². The maximum atomic E-state index is 11.3. The number of ether oxygens (including phenoxy) is 2. The first kappa shape index (κ1) is 12.1. The highest BCUT2D eigenvalue weighted by molar-refractivity contribution is 14.1. The number of hydrogen-bond donors (Lipinski definition) is 0. The molecule has 4 nitrogen and oxygen atoms in total. The molecule has 0 radical (unpaired) electrons. The predicted molar refractivity (Wildman–Crippen MR) is 65.1 cm³/mol. The third-order valence-electron chi connectivity index (χ3n) is 3.61. The van der Waals surface area contributed by atoms with E-state index >= 15 is 0 Å². The standard InChI is InChI=1S/C11H15IO4/c1-5-8-4-15-9(14)3-7(8)10(12)11(5)16-6(2)13/h5,7-8,10-11H,3-4H2,1-2H3/t5-,7-,8-,10+,11+/m1/s1. The lowest BCUT2D eigenvalue weighted by molar-refractivity contribution is -0.153. The van der Waals surface area contributed by atoms with Gasteiger partial charge in [-0.15, -0.1) is 0 Å². The van der Waals surface area contributed by atoms with Crippen LogP contribution in [0.25, 0.3) is 0 Å². The average Bonchev–Trinajstić information content (AvgIpc) is 2.43. The molecule has 90 valence electrons. The molecule has 1 heterocycles. The molecule has 0 aromatic carbocycles. The summed E-state index contributed by atoms with van der Waals surface area (Å²) >= 11 is 2.30. The summed E-state index contributed by atoms with van der Waals surface area (Å²) in [6, 6.07) is 0. The van der Waals surface area contributed by atoms with Crippen molar-refractivity contribution >= 4 is 34.5 Å². The number of hydrogen-bond acceptors (Lipinski definition) is 4. The fourth-order valence-electron chi connectivity index (χ4n) is 2.75. The summed E-state index contributed by atoms with van der Waals surface area (Å²) in [4.78, 5) is 22.3. The second-order valence-corrected chi connectivity index (χ2v) is 6.03. The lowest BCUT2D eigenvalue weighted by Gasteiger charge is -2.27. The van der Waals surface area contributed by atoms with Crippen molar-refractivity contribution in [2.75, 3.05) is 6.61 Å². The normalized spacial score (nSPS) is 42.4. The smallest absolute Gasteiger partial charge is 0.306 e. The summed E-state index contributed by atoms with van der Waals surface area (Å²) in [5.74, 6) is 0.525. The Morgan fingerprint density at radius 1 is 1.50 bits per heavy atom. The van der Waals surface area contributed by atoms with Gasteiger partial charge in [-0.25, -0.2) is 0 Å². The molecule has 0 bridgehead atoms. The third-order valence-corrected chi connectivity index (χ3v) is 5.24. The Kier molecular flexibility index (Phi) is 3.42. The van der Waals surface area contributed by atoms with Gasteiger partial charge < -0.3 is 9.47 Å². The maximum absolute atomic E-state index is 11.3. The van der Waals surface area contributed by atoms with Gasteiger partial charge >= 0.3 is 11.9 Å². The lowest BCUT2D eigenvalue weighted by Crippen LogP contribution is -2.31. The van der Waals surface area contributed by atoms with Crippen LogP contribution in [0.2, 0.25) is 0 Å². The van der Waals surface area contributed by atoms with Crippen LogP contribution in [0.5, 0.6) is 0 Å². The van der Waals surface area contributed by atoms with E-state index in [9.17, 15) is 9.59 Å². The van der Waals surface area contributed by atoms with Gasteiger partial charge in [-0.05, 0) is 5.92 Å². The Morgan fingerprint density at radius 2 is 2.19 bits per heavy atom. The molecule has 0 aromatic heterocycles. The molecule has 0 aromatic rings. The van der Waals surface area contributed by atoms with Crippen LogP contribution in [-0.4, -0.2) is 28.6 Å². The second kappa shape index (κ2) is 4.50. The summed E-state index contributed by atoms with van der Waals surface area (Å²) < 4.78 is 10.6. The third kappa shape index (κ3) is 2.06. The first-order chi connectivity index (χ1) is 7.50. The van der Waals surface area contributed by atoms with Crippen LogP contribution in [0.3, 0.4) is 0 Å². The summed E-state index contributed by atoms with van der Waals surface area (Å²) in [5, 5.41) is 0. The van der Waals surface area contributed by atoms with Crippen LogP contribution in [0.1, 0.15) is 20.3 Å². The van der Waals surface area contributed by atoms with Gasteiger partial charge in [0.05, 0.1) is 10.5 Å². The van der Waals surface area contributed by atoms with E-state index in [2.05, 4.69) is 29.5 Å². The SMILES string of the molecule is CC(=O)O[C@H]1[C@H](C)[C@H]2COC(=O)C[C@H]2[C@@H]1I. The average molecular weight is 338 g/mol. The van der Waals surface area contributed by atoms with E-state index in [1.807, 2.05) is 0 Å². The van der Waals surface area contributed by atoms with Gasteiger partial charge in [-0.1, -0.05) is 29.5 Å². The Morgan fingerprint density at radius 3 is 2.81 bits per heavy atom. The molecule has 2 rings (SSSR count). The number of carbonyl (C=O) groups excluding carboxylic acids is 2. The zero-order valence-corrected chi connectivity index (χ0v) is 11.5. The zero-order valence-electron chi connectivity index (χ0n) is 9.31. The Bertz CT molecular complexity index is 317. The monoisotopic (exact) mass is 338 g/mol. The molecule has 0 N–H and O–H groups in total. The van der Waals surface area contributed by atoms with Crippen molar-refractivity contribution in [3.8, 4) is 0 Å². The number of cyclic esters (lactones) is 1. The second-order valence-electron chi connectivity index (χ2n) is 4.59. The molecule has 0 spiro atoms. The van der Waals surface area contributed by atoms with Crippen molar-refractivity contribution in [3.63, 3.8) is 0 Å². The summed E-state index contributed by atoms with van der Waals surface area (Å²) in [7, 11) is 0. The molecule has 5 atom stereocenters. The highest BCUT2D eigenvalue weighted by Crippen LogP contribution is 2.46. The number of fused-ring (bicyclic) bond motifs is 1. The molecule has 1 saturated carbocycles. The van der Waals surface area contributed by atoms with E-state index in [4.69, 9.17) is 9.47 Å². The quantitative estimate of drug-likeness (QED) is 0.414. The van der Waals surface area contributed by atoms with Gasteiger partial charge in [0.25, 0.3) is 0 Å². The minimum Gasteiger partial charge on any atom is -0.465 e. The van der Waals surface area contributed by atoms with Crippen molar-refractivity contribution in [3.05, 3.63) is 0 Å². The maximum Gasteiger partial charge on any atom is 0.306 e. The topological polar surface area (TPSA) is 52.6 Å². The van der Waals surface area contributed by atoms with Crippen LogP contribution >= 0.6 is 22.6 Å². The van der Waals surface area contributed by atoms with Crippen molar-refractivity contribution < 1.29 is 19.1 Å². The molecule has 16 heavy (non-hydrogen) atoms. The largest absolute Gasteiger partial charge is 0.465 e. The van der Waals surface area contributed by atoms with Crippen molar-refractivity contribution in [2.24, 2.45) is 17.8 Å². The number of rotatable bonds is 1. The number of halogens is 1. The van der Waals surface area contributed by atoms with Gasteiger partial charge in [-0.3, -0.25) is 9.59 Å². The molecule has 0 amide bonds. The van der Waals surface area contributed by atoms with Crippen LogP contribution in [-0.2, 0) is 19.1 Å². The lowest BCUT2D eigenvalue weighted by atomic mass is 9.87. The van der Waals surface area contributed by atoms with E-state index < -0.39 is 0 Å². The molecule has 2 aliphatic rings. The van der Waals surface area contributed by atoms with Crippen LogP contribution in [0.4, 0.5) is 0 Å². The first-order valence-electron chi connectivity index (χ1n) is 5.47. The predicted octanol–water partition coefficient (Wildman–Crippen LogP) is 1.55. The number of carbonyl (C=O) groups is 2. The van der Waals surface area contributed by atoms with E-state index in [1.165, 1.54) is 6.92 Å². The minimum atomic E-state index is -0.246. The molecule has 2 fully saturated rings. The molecule has 1 aliphatic heterocycles. The zero-order chi connectivity index (χ0) is 11.9. The van der Waals surface area contributed by atoms with Crippen LogP contribution < -0.4 is 0 Å². The minimum absolute atomic E-state index is 0.0809. The van der Waals surface area contributed by atoms with E-state index in [0.29, 0.717) is 24.9 Å². The molecular weight excluding hydrogens is 323 g/mol. The molecule has 0 unspecified atom stereocenters. The van der Waals surface area contributed by atoms with Gasteiger partial charge in [-0.2, -0.15) is 0 Å². The fourth-order valence-corrected chi connectivity index (χ4v) is 4.34. The van der Waals surface area contributed by atoms with Gasteiger partial charge in [0.2, 0.25) is 0 Å².